The van der Waals surface area contributed by atoms with E-state index in [0.717, 1.165) is 43.1 Å². The molecule has 3 heterocycles. The maximum absolute atomic E-state index is 11.1. The predicted molar refractivity (Wildman–Crippen MR) is 100 cm³/mol. The average Bonchev–Trinajstić information content (AvgIpc) is 3.19. The molecule has 26 heavy (non-hydrogen) atoms. The monoisotopic (exact) mass is 415 g/mol. The summed E-state index contributed by atoms with van der Waals surface area (Å²) in [5, 5.41) is 9.85. The van der Waals surface area contributed by atoms with Gasteiger partial charge in [-0.05, 0) is 0 Å². The van der Waals surface area contributed by atoms with Crippen molar-refractivity contribution in [3.63, 3.8) is 0 Å². The number of benzene rings is 1. The lowest BCUT2D eigenvalue weighted by Gasteiger charge is -2.26. The van der Waals surface area contributed by atoms with Crippen molar-refractivity contribution < 1.29 is 19.4 Å². The van der Waals surface area contributed by atoms with Crippen LogP contribution in [0.2, 0.25) is 10.0 Å². The first-order valence-corrected chi connectivity index (χ1v) is 9.57. The largest absolute Gasteiger partial charge is 0.491 e. The fourth-order valence-corrected chi connectivity index (χ4v) is 4.46. The molecule has 0 atom stereocenters. The van der Waals surface area contributed by atoms with E-state index in [4.69, 9.17) is 37.8 Å². The van der Waals surface area contributed by atoms with Crippen LogP contribution in [-0.4, -0.2) is 64.8 Å². The number of hydrogen-bond acceptors (Lipinski definition) is 6. The van der Waals surface area contributed by atoms with Crippen molar-refractivity contribution in [1.29, 1.82) is 0 Å². The SMILES string of the molecule is O=C(O)c1cn2c(n1)sc1c(Cl)c(Cl)c(OCCN3CCOCC3)cc12. The van der Waals surface area contributed by atoms with Crippen LogP contribution in [0.1, 0.15) is 10.5 Å². The highest BCUT2D eigenvalue weighted by molar-refractivity contribution is 7.24. The molecule has 0 amide bonds. The molecular formula is C16H15Cl2N3O4S. The van der Waals surface area contributed by atoms with Gasteiger partial charge in [0, 0.05) is 31.9 Å². The molecule has 0 unspecified atom stereocenters. The molecule has 138 valence electrons. The summed E-state index contributed by atoms with van der Waals surface area (Å²) in [6, 6.07) is 1.78. The molecule has 0 radical (unpaired) electrons. The quantitative estimate of drug-likeness (QED) is 0.688. The summed E-state index contributed by atoms with van der Waals surface area (Å²) in [4.78, 5) is 18.0. The molecule has 1 saturated heterocycles. The smallest absolute Gasteiger partial charge is 0.356 e. The number of thiazole rings is 1. The topological polar surface area (TPSA) is 76.3 Å². The summed E-state index contributed by atoms with van der Waals surface area (Å²) in [6.45, 7) is 4.47. The van der Waals surface area contributed by atoms with Crippen LogP contribution in [0.3, 0.4) is 0 Å². The van der Waals surface area contributed by atoms with Gasteiger partial charge in [-0.15, -0.1) is 0 Å². The highest BCUT2D eigenvalue weighted by atomic mass is 35.5. The average molecular weight is 416 g/mol. The summed E-state index contributed by atoms with van der Waals surface area (Å²) in [7, 11) is 0. The lowest BCUT2D eigenvalue weighted by molar-refractivity contribution is 0.0322. The Kier molecular flexibility index (Phi) is 4.94. The number of hydrogen-bond donors (Lipinski definition) is 1. The van der Waals surface area contributed by atoms with Gasteiger partial charge in [0.1, 0.15) is 17.4 Å². The fourth-order valence-electron chi connectivity index (χ4n) is 2.87. The maximum atomic E-state index is 11.1. The first-order valence-electron chi connectivity index (χ1n) is 8.00. The van der Waals surface area contributed by atoms with Crippen LogP contribution in [0.15, 0.2) is 12.3 Å². The van der Waals surface area contributed by atoms with Crippen molar-refractivity contribution in [2.75, 3.05) is 39.5 Å². The van der Waals surface area contributed by atoms with Crippen molar-refractivity contribution in [3.05, 3.63) is 28.0 Å². The van der Waals surface area contributed by atoms with E-state index in [1.165, 1.54) is 17.5 Å². The van der Waals surface area contributed by atoms with Gasteiger partial charge in [0.2, 0.25) is 0 Å². The Morgan fingerprint density at radius 2 is 2.12 bits per heavy atom. The van der Waals surface area contributed by atoms with Crippen molar-refractivity contribution in [3.8, 4) is 5.75 Å². The molecule has 4 rings (SSSR count). The molecule has 1 aliphatic heterocycles. The number of morpholine rings is 1. The number of aromatic carboxylic acids is 1. The van der Waals surface area contributed by atoms with Crippen molar-refractivity contribution in [2.45, 2.75) is 0 Å². The Labute approximate surface area is 162 Å². The van der Waals surface area contributed by atoms with Crippen LogP contribution in [0.5, 0.6) is 5.75 Å². The minimum atomic E-state index is -1.07. The number of imidazole rings is 1. The Morgan fingerprint density at radius 3 is 2.85 bits per heavy atom. The number of carboxylic acid groups (broad SMARTS) is 1. The van der Waals surface area contributed by atoms with Gasteiger partial charge in [-0.2, -0.15) is 0 Å². The van der Waals surface area contributed by atoms with Crippen LogP contribution in [0.25, 0.3) is 15.2 Å². The molecule has 10 heteroatoms. The number of nitrogens with zero attached hydrogens (tertiary/aromatic N) is 3. The van der Waals surface area contributed by atoms with E-state index >= 15 is 0 Å². The van der Waals surface area contributed by atoms with Crippen molar-refractivity contribution in [2.24, 2.45) is 0 Å². The first kappa shape index (κ1) is 17.8. The normalized spacial score (nSPS) is 15.8. The van der Waals surface area contributed by atoms with Gasteiger partial charge in [0.25, 0.3) is 0 Å². The number of fused-ring (bicyclic) bond motifs is 3. The molecule has 1 aliphatic rings. The second-order valence-corrected chi connectivity index (χ2v) is 7.57. The van der Waals surface area contributed by atoms with Gasteiger partial charge in [0.05, 0.1) is 28.5 Å². The van der Waals surface area contributed by atoms with E-state index in [9.17, 15) is 4.79 Å². The Morgan fingerprint density at radius 1 is 1.35 bits per heavy atom. The van der Waals surface area contributed by atoms with E-state index in [1.54, 1.807) is 10.5 Å². The Balaban J connectivity index is 1.62. The van der Waals surface area contributed by atoms with Crippen LogP contribution in [0.4, 0.5) is 0 Å². The number of ether oxygens (including phenoxy) is 2. The maximum Gasteiger partial charge on any atom is 0.356 e. The third-order valence-corrected chi connectivity index (χ3v) is 6.27. The highest BCUT2D eigenvalue weighted by Gasteiger charge is 2.19. The standard InChI is InChI=1S/C16H15Cl2N3O4S/c17-12-11(25-6-3-20-1-4-24-5-2-20)7-10-14(13(12)18)26-16-19-9(15(22)23)8-21(10)16/h7-8H,1-6H2,(H,22,23). The molecule has 1 N–H and O–H groups in total. The molecular weight excluding hydrogens is 401 g/mol. The van der Waals surface area contributed by atoms with Gasteiger partial charge < -0.3 is 14.6 Å². The van der Waals surface area contributed by atoms with Gasteiger partial charge in [0.15, 0.2) is 10.7 Å². The molecule has 1 fully saturated rings. The van der Waals surface area contributed by atoms with E-state index in [-0.39, 0.29) is 5.69 Å². The number of aromatic nitrogens is 2. The zero-order chi connectivity index (χ0) is 18.3. The summed E-state index contributed by atoms with van der Waals surface area (Å²) in [5.74, 6) is -0.598. The Hall–Kier alpha value is -1.58. The van der Waals surface area contributed by atoms with E-state index < -0.39 is 5.97 Å². The van der Waals surface area contributed by atoms with E-state index in [1.807, 2.05) is 0 Å². The molecule has 0 spiro atoms. The zero-order valence-electron chi connectivity index (χ0n) is 13.6. The number of halogens is 2. The van der Waals surface area contributed by atoms with Crippen LogP contribution < -0.4 is 4.74 Å². The summed E-state index contributed by atoms with van der Waals surface area (Å²) >= 11 is 14.1. The molecule has 1 aromatic carbocycles. The van der Waals surface area contributed by atoms with Crippen LogP contribution >= 0.6 is 34.5 Å². The number of carboxylic acids is 1. The molecule has 0 aliphatic carbocycles. The van der Waals surface area contributed by atoms with Crippen LogP contribution in [-0.2, 0) is 4.74 Å². The van der Waals surface area contributed by atoms with E-state index in [0.29, 0.717) is 27.4 Å². The highest BCUT2D eigenvalue weighted by Crippen LogP contribution is 2.42. The van der Waals surface area contributed by atoms with Gasteiger partial charge >= 0.3 is 5.97 Å². The Bertz CT molecular complexity index is 981. The lowest BCUT2D eigenvalue weighted by atomic mass is 10.3. The van der Waals surface area contributed by atoms with Crippen molar-refractivity contribution in [1.82, 2.24) is 14.3 Å². The van der Waals surface area contributed by atoms with Crippen LogP contribution in [0, 0.1) is 0 Å². The number of carbonyl (C=O) groups is 1. The molecule has 0 saturated carbocycles. The molecule has 7 nitrogen and oxygen atoms in total. The third-order valence-electron chi connectivity index (χ3n) is 4.22. The molecule has 0 bridgehead atoms. The van der Waals surface area contributed by atoms with Crippen molar-refractivity contribution >= 4 is 55.7 Å². The zero-order valence-corrected chi connectivity index (χ0v) is 15.9. The molecule has 2 aromatic heterocycles. The number of rotatable bonds is 5. The summed E-state index contributed by atoms with van der Waals surface area (Å²) < 4.78 is 13.6. The second kappa shape index (κ2) is 7.21. The molecule has 3 aromatic rings. The van der Waals surface area contributed by atoms with Gasteiger partial charge in [-0.25, -0.2) is 9.78 Å². The summed E-state index contributed by atoms with van der Waals surface area (Å²) in [6.07, 6.45) is 1.47. The summed E-state index contributed by atoms with van der Waals surface area (Å²) in [5.41, 5.74) is 0.708. The van der Waals surface area contributed by atoms with Gasteiger partial charge in [-0.1, -0.05) is 34.5 Å². The second-order valence-electron chi connectivity index (χ2n) is 5.84. The van der Waals surface area contributed by atoms with Gasteiger partial charge in [-0.3, -0.25) is 9.30 Å². The lowest BCUT2D eigenvalue weighted by Crippen LogP contribution is -2.38. The third kappa shape index (κ3) is 3.23. The van der Waals surface area contributed by atoms with E-state index in [2.05, 4.69) is 9.88 Å². The minimum Gasteiger partial charge on any atom is -0.491 e. The predicted octanol–water partition coefficient (Wildman–Crippen LogP) is 3.27. The fraction of sp³-hybridized carbons (Fsp3) is 0.375. The minimum absolute atomic E-state index is 0.0148. The first-order chi connectivity index (χ1) is 12.5.